The summed E-state index contributed by atoms with van der Waals surface area (Å²) in [5.74, 6) is 1.65. The van der Waals surface area contributed by atoms with Gasteiger partial charge in [0.2, 0.25) is 0 Å². The van der Waals surface area contributed by atoms with Gasteiger partial charge >= 0.3 is 6.18 Å². The van der Waals surface area contributed by atoms with Crippen molar-refractivity contribution in [2.24, 2.45) is 0 Å². The van der Waals surface area contributed by atoms with Crippen LogP contribution in [-0.2, 0) is 6.18 Å². The highest BCUT2D eigenvalue weighted by atomic mass is 19.4. The fourth-order valence-corrected chi connectivity index (χ4v) is 5.24. The van der Waals surface area contributed by atoms with Crippen LogP contribution in [0.15, 0.2) is 30.7 Å². The Morgan fingerprint density at radius 2 is 1.82 bits per heavy atom. The number of aromatic amines is 1. The van der Waals surface area contributed by atoms with Crippen molar-refractivity contribution in [1.29, 1.82) is 0 Å². The largest absolute Gasteiger partial charge is 0.431 e. The topological polar surface area (TPSA) is 82.6 Å². The molecule has 2 fully saturated rings. The monoisotopic (exact) mass is 467 g/mol. The smallest absolute Gasteiger partial charge is 0.353 e. The molecule has 4 aromatic heterocycles. The normalized spacial score (nSPS) is 17.8. The highest BCUT2D eigenvalue weighted by Gasteiger charge is 2.33. The fraction of sp³-hybridized carbons (Fsp3) is 0.417. The quantitative estimate of drug-likeness (QED) is 0.456. The molecule has 6 rings (SSSR count). The molecule has 0 aromatic carbocycles. The van der Waals surface area contributed by atoms with Crippen LogP contribution in [0.3, 0.4) is 0 Å². The van der Waals surface area contributed by atoms with Gasteiger partial charge in [0.05, 0.1) is 11.7 Å². The summed E-state index contributed by atoms with van der Waals surface area (Å²) in [5, 5.41) is 4.74. The molecule has 1 saturated heterocycles. The van der Waals surface area contributed by atoms with Crippen LogP contribution in [0.5, 0.6) is 0 Å². The summed E-state index contributed by atoms with van der Waals surface area (Å²) in [6, 6.07) is 2.76. The maximum Gasteiger partial charge on any atom is 0.431 e. The average molecular weight is 467 g/mol. The lowest BCUT2D eigenvalue weighted by Crippen LogP contribution is -2.44. The number of anilines is 1. The lowest BCUT2D eigenvalue weighted by atomic mass is 9.95. The number of rotatable bonds is 3. The van der Waals surface area contributed by atoms with Gasteiger partial charge in [0.25, 0.3) is 0 Å². The SMILES string of the molecule is FC(F)(F)c1cc2c(-c3nc(N4CCNCC4)c4c(C5CCCC5)cncc4n3)ccnc2[nH]1. The molecule has 5 heterocycles. The van der Waals surface area contributed by atoms with Crippen LogP contribution < -0.4 is 10.2 Å². The Hall–Kier alpha value is -3.27. The van der Waals surface area contributed by atoms with E-state index in [9.17, 15) is 13.2 Å². The molecule has 1 aliphatic carbocycles. The molecule has 0 radical (unpaired) electrons. The van der Waals surface area contributed by atoms with Gasteiger partial charge in [-0.05, 0) is 36.5 Å². The predicted octanol–water partition coefficient (Wildman–Crippen LogP) is 4.65. The molecule has 34 heavy (non-hydrogen) atoms. The predicted molar refractivity (Wildman–Crippen MR) is 124 cm³/mol. The Bertz CT molecular complexity index is 1350. The molecule has 0 spiro atoms. The molecule has 7 nitrogen and oxygen atoms in total. The Labute approximate surface area is 193 Å². The van der Waals surface area contributed by atoms with Gasteiger partial charge in [0.15, 0.2) is 5.82 Å². The first-order valence-electron chi connectivity index (χ1n) is 11.7. The van der Waals surface area contributed by atoms with E-state index >= 15 is 0 Å². The zero-order valence-corrected chi connectivity index (χ0v) is 18.5. The number of aromatic nitrogens is 5. The number of piperazine rings is 1. The van der Waals surface area contributed by atoms with E-state index in [1.807, 2.05) is 6.20 Å². The van der Waals surface area contributed by atoms with Gasteiger partial charge in [-0.1, -0.05) is 12.8 Å². The lowest BCUT2D eigenvalue weighted by molar-refractivity contribution is -0.140. The Morgan fingerprint density at radius 3 is 2.59 bits per heavy atom. The van der Waals surface area contributed by atoms with Crippen molar-refractivity contribution >= 4 is 27.8 Å². The van der Waals surface area contributed by atoms with E-state index < -0.39 is 11.9 Å². The van der Waals surface area contributed by atoms with Crippen molar-refractivity contribution in [3.05, 3.63) is 42.0 Å². The van der Waals surface area contributed by atoms with Crippen LogP contribution in [0, 0.1) is 0 Å². The first-order valence-corrected chi connectivity index (χ1v) is 11.7. The standard InChI is InChI=1S/C24H24F3N7/c25-24(26,27)19-11-16-15(5-6-30-21(16)32-19)22-31-18-13-29-12-17(14-3-1-2-4-14)20(18)23(33-22)34-9-7-28-8-10-34/h5-6,11-14,28H,1-4,7-10H2,(H,30,32). The molecule has 4 aromatic rings. The van der Waals surface area contributed by atoms with Gasteiger partial charge < -0.3 is 15.2 Å². The van der Waals surface area contributed by atoms with Crippen molar-refractivity contribution in [2.75, 3.05) is 31.1 Å². The number of nitrogens with zero attached hydrogens (tertiary/aromatic N) is 5. The molecule has 2 aliphatic rings. The second-order valence-electron chi connectivity index (χ2n) is 9.01. The van der Waals surface area contributed by atoms with Crippen LogP contribution in [0.4, 0.5) is 19.0 Å². The number of hydrogen-bond acceptors (Lipinski definition) is 6. The maximum atomic E-state index is 13.4. The highest BCUT2D eigenvalue weighted by Crippen LogP contribution is 2.41. The Balaban J connectivity index is 1.58. The molecule has 1 saturated carbocycles. The number of pyridine rings is 2. The van der Waals surface area contributed by atoms with Crippen LogP contribution in [0.1, 0.15) is 42.9 Å². The third-order valence-corrected chi connectivity index (χ3v) is 6.91. The summed E-state index contributed by atoms with van der Waals surface area (Å²) in [5.41, 5.74) is 1.74. The van der Waals surface area contributed by atoms with Crippen molar-refractivity contribution in [3.63, 3.8) is 0 Å². The molecular weight excluding hydrogens is 443 g/mol. The summed E-state index contributed by atoms with van der Waals surface area (Å²) in [4.78, 5) is 23.0. The van der Waals surface area contributed by atoms with Gasteiger partial charge in [0, 0.05) is 54.9 Å². The van der Waals surface area contributed by atoms with E-state index in [0.717, 1.165) is 61.8 Å². The van der Waals surface area contributed by atoms with Gasteiger partial charge in [0.1, 0.15) is 17.2 Å². The fourth-order valence-electron chi connectivity index (χ4n) is 5.24. The summed E-state index contributed by atoms with van der Waals surface area (Å²) < 4.78 is 40.1. The number of nitrogens with one attached hydrogen (secondary N) is 2. The molecule has 0 amide bonds. The van der Waals surface area contributed by atoms with Crippen molar-refractivity contribution in [3.8, 4) is 11.4 Å². The molecule has 1 aliphatic heterocycles. The van der Waals surface area contributed by atoms with E-state index in [-0.39, 0.29) is 5.65 Å². The Morgan fingerprint density at radius 1 is 1.03 bits per heavy atom. The molecule has 0 bridgehead atoms. The van der Waals surface area contributed by atoms with Gasteiger partial charge in [-0.2, -0.15) is 13.2 Å². The zero-order chi connectivity index (χ0) is 23.3. The van der Waals surface area contributed by atoms with Crippen molar-refractivity contribution in [2.45, 2.75) is 37.8 Å². The molecule has 0 unspecified atom stereocenters. The number of alkyl halides is 3. The molecular formula is C24H24F3N7. The molecule has 0 atom stereocenters. The minimum absolute atomic E-state index is 0.162. The van der Waals surface area contributed by atoms with Gasteiger partial charge in [-0.25, -0.2) is 15.0 Å². The van der Waals surface area contributed by atoms with Crippen molar-refractivity contribution in [1.82, 2.24) is 30.2 Å². The van der Waals surface area contributed by atoms with E-state index in [1.165, 1.54) is 24.6 Å². The number of halogens is 3. The number of hydrogen-bond donors (Lipinski definition) is 2. The third kappa shape index (κ3) is 3.66. The lowest BCUT2D eigenvalue weighted by Gasteiger charge is -2.30. The van der Waals surface area contributed by atoms with Crippen LogP contribution in [0.25, 0.3) is 33.3 Å². The second-order valence-corrected chi connectivity index (χ2v) is 9.01. The summed E-state index contributed by atoms with van der Waals surface area (Å²) >= 11 is 0. The van der Waals surface area contributed by atoms with Crippen LogP contribution >= 0.6 is 0 Å². The summed E-state index contributed by atoms with van der Waals surface area (Å²) in [6.07, 6.45) is 5.32. The average Bonchev–Trinajstić information content (AvgIpc) is 3.53. The van der Waals surface area contributed by atoms with E-state index in [0.29, 0.717) is 22.7 Å². The first-order chi connectivity index (χ1) is 16.5. The third-order valence-electron chi connectivity index (χ3n) is 6.91. The summed E-state index contributed by atoms with van der Waals surface area (Å²) in [7, 11) is 0. The van der Waals surface area contributed by atoms with E-state index in [2.05, 4.69) is 25.2 Å². The maximum absolute atomic E-state index is 13.4. The van der Waals surface area contributed by atoms with Crippen molar-refractivity contribution < 1.29 is 13.2 Å². The minimum Gasteiger partial charge on any atom is -0.353 e. The van der Waals surface area contributed by atoms with Crippen LogP contribution in [0.2, 0.25) is 0 Å². The first kappa shape index (κ1) is 21.3. The number of fused-ring (bicyclic) bond motifs is 2. The van der Waals surface area contributed by atoms with E-state index in [1.54, 1.807) is 12.3 Å². The minimum atomic E-state index is -4.49. The Kier molecular flexibility index (Phi) is 5.13. The van der Waals surface area contributed by atoms with Crippen LogP contribution in [-0.4, -0.2) is 51.1 Å². The summed E-state index contributed by atoms with van der Waals surface area (Å²) in [6.45, 7) is 3.28. The van der Waals surface area contributed by atoms with Gasteiger partial charge in [-0.15, -0.1) is 0 Å². The van der Waals surface area contributed by atoms with E-state index in [4.69, 9.17) is 9.97 Å². The molecule has 10 heteroatoms. The molecule has 176 valence electrons. The number of H-pyrrole nitrogens is 1. The molecule has 2 N–H and O–H groups in total. The zero-order valence-electron chi connectivity index (χ0n) is 18.5. The van der Waals surface area contributed by atoms with Gasteiger partial charge in [-0.3, -0.25) is 4.98 Å². The highest BCUT2D eigenvalue weighted by molar-refractivity contribution is 5.97. The second kappa shape index (κ2) is 8.19.